The zero-order valence-electron chi connectivity index (χ0n) is 20.5. The maximum absolute atomic E-state index is 13.5. The van der Waals surface area contributed by atoms with Crippen molar-refractivity contribution in [2.45, 2.75) is 20.8 Å². The number of rotatable bonds is 6. The van der Waals surface area contributed by atoms with E-state index in [2.05, 4.69) is 34.1 Å². The van der Waals surface area contributed by atoms with Gasteiger partial charge < -0.3 is 14.2 Å². The van der Waals surface area contributed by atoms with E-state index in [1.54, 1.807) is 30.3 Å². The Morgan fingerprint density at radius 3 is 2.40 bits per heavy atom. The van der Waals surface area contributed by atoms with E-state index in [1.165, 1.54) is 4.90 Å². The number of aromatic nitrogens is 1. The molecular formula is C27H28N4O3S. The molecule has 7 nitrogen and oxygen atoms in total. The zero-order valence-corrected chi connectivity index (χ0v) is 21.3. The van der Waals surface area contributed by atoms with E-state index < -0.39 is 11.8 Å². The van der Waals surface area contributed by atoms with Crippen LogP contribution in [0.15, 0.2) is 60.2 Å². The molecule has 0 atom stereocenters. The lowest BCUT2D eigenvalue weighted by molar-refractivity contribution is -0.122. The molecule has 0 unspecified atom stereocenters. The lowest BCUT2D eigenvalue weighted by atomic mass is 10.1. The molecule has 180 valence electrons. The van der Waals surface area contributed by atoms with Gasteiger partial charge in [-0.05, 0) is 87.1 Å². The van der Waals surface area contributed by atoms with Crippen LogP contribution in [0.2, 0.25) is 0 Å². The highest BCUT2D eigenvalue weighted by atomic mass is 32.1. The number of anilines is 2. The Labute approximate surface area is 210 Å². The number of carbonyl (C=O) groups is 2. The van der Waals surface area contributed by atoms with Crippen molar-refractivity contribution < 1.29 is 14.3 Å². The maximum Gasteiger partial charge on any atom is 0.270 e. The summed E-state index contributed by atoms with van der Waals surface area (Å²) in [6.07, 6.45) is 1.63. The molecular weight excluding hydrogens is 460 g/mol. The smallest absolute Gasteiger partial charge is 0.270 e. The minimum Gasteiger partial charge on any atom is -0.494 e. The molecule has 3 aromatic rings. The summed E-state index contributed by atoms with van der Waals surface area (Å²) in [7, 11) is 4.00. The Morgan fingerprint density at radius 1 is 1.03 bits per heavy atom. The van der Waals surface area contributed by atoms with Gasteiger partial charge >= 0.3 is 0 Å². The van der Waals surface area contributed by atoms with Gasteiger partial charge in [-0.1, -0.05) is 6.07 Å². The summed E-state index contributed by atoms with van der Waals surface area (Å²) in [5.41, 5.74) is 5.36. The van der Waals surface area contributed by atoms with Crippen LogP contribution in [0.5, 0.6) is 5.75 Å². The van der Waals surface area contributed by atoms with E-state index in [1.807, 2.05) is 45.8 Å². The number of carbonyl (C=O) groups excluding carboxylic acids is 2. The second-order valence-electron chi connectivity index (χ2n) is 8.46. The van der Waals surface area contributed by atoms with E-state index in [9.17, 15) is 9.59 Å². The molecule has 0 bridgehead atoms. The first kappa shape index (κ1) is 24.2. The van der Waals surface area contributed by atoms with Crippen molar-refractivity contribution in [3.8, 4) is 11.4 Å². The first-order valence-corrected chi connectivity index (χ1v) is 11.7. The summed E-state index contributed by atoms with van der Waals surface area (Å²) in [4.78, 5) is 29.6. The molecule has 0 radical (unpaired) electrons. The minimum absolute atomic E-state index is 0.0172. The van der Waals surface area contributed by atoms with Gasteiger partial charge in [0.1, 0.15) is 11.3 Å². The third kappa shape index (κ3) is 4.70. The van der Waals surface area contributed by atoms with Gasteiger partial charge in [0.25, 0.3) is 11.8 Å². The lowest BCUT2D eigenvalue weighted by Crippen LogP contribution is -2.54. The van der Waals surface area contributed by atoms with Crippen molar-refractivity contribution in [1.29, 1.82) is 0 Å². The molecule has 1 aromatic heterocycles. The van der Waals surface area contributed by atoms with Crippen molar-refractivity contribution in [3.05, 3.63) is 77.1 Å². The van der Waals surface area contributed by atoms with E-state index in [0.717, 1.165) is 28.3 Å². The van der Waals surface area contributed by atoms with Gasteiger partial charge in [-0.2, -0.15) is 0 Å². The van der Waals surface area contributed by atoms with Crippen molar-refractivity contribution in [3.63, 3.8) is 0 Å². The van der Waals surface area contributed by atoms with Gasteiger partial charge in [0.15, 0.2) is 5.11 Å². The predicted octanol–water partition coefficient (Wildman–Crippen LogP) is 4.39. The Morgan fingerprint density at radius 2 is 1.74 bits per heavy atom. The van der Waals surface area contributed by atoms with Crippen LogP contribution in [0.4, 0.5) is 11.4 Å². The molecule has 1 fully saturated rings. The third-order valence-electron chi connectivity index (χ3n) is 5.88. The normalized spacial score (nSPS) is 14.9. The molecule has 0 aliphatic carbocycles. The summed E-state index contributed by atoms with van der Waals surface area (Å²) < 4.78 is 7.66. The number of hydrogen-bond donors (Lipinski definition) is 1. The van der Waals surface area contributed by atoms with Crippen LogP contribution in [0.1, 0.15) is 23.9 Å². The first-order valence-electron chi connectivity index (χ1n) is 11.3. The highest BCUT2D eigenvalue weighted by molar-refractivity contribution is 7.80. The summed E-state index contributed by atoms with van der Waals surface area (Å²) in [6, 6.07) is 17.3. The van der Waals surface area contributed by atoms with Crippen molar-refractivity contribution >= 4 is 46.6 Å². The molecule has 4 rings (SSSR count). The van der Waals surface area contributed by atoms with Crippen molar-refractivity contribution in [2.24, 2.45) is 0 Å². The first-order chi connectivity index (χ1) is 16.7. The standard InChI is InChI=1S/C27H28N4O3S/c1-6-34-23-9-7-8-22(16-23)31-26(33)24(25(32)28-27(31)35)15-19-14-17(2)30(18(19)3)21-12-10-20(11-13-21)29(4)5/h7-16H,6H2,1-5H3,(H,28,32,35)/b24-15-. The van der Waals surface area contributed by atoms with E-state index in [-0.39, 0.29) is 10.7 Å². The molecule has 35 heavy (non-hydrogen) atoms. The third-order valence-corrected chi connectivity index (χ3v) is 6.17. The van der Waals surface area contributed by atoms with Crippen LogP contribution >= 0.6 is 12.2 Å². The molecule has 2 amide bonds. The molecule has 1 N–H and O–H groups in total. The largest absolute Gasteiger partial charge is 0.494 e. The predicted molar refractivity (Wildman–Crippen MR) is 143 cm³/mol. The van der Waals surface area contributed by atoms with Crippen molar-refractivity contribution in [2.75, 3.05) is 30.5 Å². The SMILES string of the molecule is CCOc1cccc(N2C(=O)/C(=C\c3cc(C)n(-c4ccc(N(C)C)cc4)c3C)C(=O)NC2=S)c1. The molecule has 2 aromatic carbocycles. The number of ether oxygens (including phenoxy) is 1. The average molecular weight is 489 g/mol. The number of hydrogen-bond acceptors (Lipinski definition) is 5. The second-order valence-corrected chi connectivity index (χ2v) is 8.85. The summed E-state index contributed by atoms with van der Waals surface area (Å²) in [5.74, 6) is -0.378. The second kappa shape index (κ2) is 9.76. The molecule has 1 aliphatic rings. The van der Waals surface area contributed by atoms with Crippen LogP contribution in [0.3, 0.4) is 0 Å². The summed E-state index contributed by atoms with van der Waals surface area (Å²) in [5, 5.41) is 2.69. The number of benzene rings is 2. The van der Waals surface area contributed by atoms with Crippen molar-refractivity contribution in [1.82, 2.24) is 9.88 Å². The fourth-order valence-corrected chi connectivity index (χ4v) is 4.44. The maximum atomic E-state index is 13.5. The van der Waals surface area contributed by atoms with Crippen LogP contribution in [0.25, 0.3) is 11.8 Å². The summed E-state index contributed by atoms with van der Waals surface area (Å²) >= 11 is 5.33. The van der Waals surface area contributed by atoms with Gasteiger partial charge in [-0.15, -0.1) is 0 Å². The van der Waals surface area contributed by atoms with Crippen LogP contribution in [0, 0.1) is 13.8 Å². The van der Waals surface area contributed by atoms with E-state index in [0.29, 0.717) is 18.0 Å². The monoisotopic (exact) mass is 488 g/mol. The number of aryl methyl sites for hydroxylation is 1. The molecule has 2 heterocycles. The Balaban J connectivity index is 1.71. The Kier molecular flexibility index (Phi) is 6.75. The van der Waals surface area contributed by atoms with E-state index in [4.69, 9.17) is 17.0 Å². The molecule has 1 aliphatic heterocycles. The quantitative estimate of drug-likeness (QED) is 0.317. The highest BCUT2D eigenvalue weighted by Crippen LogP contribution is 2.28. The van der Waals surface area contributed by atoms with Crippen LogP contribution in [-0.2, 0) is 9.59 Å². The molecule has 0 spiro atoms. The average Bonchev–Trinajstić information content (AvgIpc) is 3.09. The number of amides is 2. The highest BCUT2D eigenvalue weighted by Gasteiger charge is 2.35. The van der Waals surface area contributed by atoms with Gasteiger partial charge in [0, 0.05) is 42.9 Å². The van der Waals surface area contributed by atoms with Gasteiger partial charge in [-0.25, -0.2) is 0 Å². The van der Waals surface area contributed by atoms with Crippen LogP contribution in [-0.4, -0.2) is 42.2 Å². The fourth-order valence-electron chi connectivity index (χ4n) is 4.16. The number of nitrogens with one attached hydrogen (secondary N) is 1. The Hall–Kier alpha value is -3.91. The fraction of sp³-hybridized carbons (Fsp3) is 0.222. The van der Waals surface area contributed by atoms with Gasteiger partial charge in [0.2, 0.25) is 0 Å². The Bertz CT molecular complexity index is 1340. The van der Waals surface area contributed by atoms with Gasteiger partial charge in [-0.3, -0.25) is 19.8 Å². The number of nitrogens with zero attached hydrogens (tertiary/aromatic N) is 3. The zero-order chi connectivity index (χ0) is 25.3. The summed E-state index contributed by atoms with van der Waals surface area (Å²) in [6.45, 7) is 6.35. The van der Waals surface area contributed by atoms with E-state index >= 15 is 0 Å². The minimum atomic E-state index is -0.516. The topological polar surface area (TPSA) is 66.8 Å². The van der Waals surface area contributed by atoms with Crippen LogP contribution < -0.4 is 19.9 Å². The molecule has 8 heteroatoms. The number of thiocarbonyl (C=S) groups is 1. The molecule has 0 saturated carbocycles. The van der Waals surface area contributed by atoms with Gasteiger partial charge in [0.05, 0.1) is 12.3 Å². The molecule has 1 saturated heterocycles. The lowest BCUT2D eigenvalue weighted by Gasteiger charge is -2.29.